The Morgan fingerprint density at radius 2 is 1.74 bits per heavy atom. The summed E-state index contributed by atoms with van der Waals surface area (Å²) in [5.74, 6) is -0.212. The van der Waals surface area contributed by atoms with Gasteiger partial charge in [-0.3, -0.25) is 4.90 Å². The van der Waals surface area contributed by atoms with E-state index in [1.165, 1.54) is 12.1 Å². The summed E-state index contributed by atoms with van der Waals surface area (Å²) < 4.78 is 18.8. The fourth-order valence-corrected chi connectivity index (χ4v) is 2.95. The molecule has 1 fully saturated rings. The van der Waals surface area contributed by atoms with E-state index < -0.39 is 0 Å². The van der Waals surface area contributed by atoms with Gasteiger partial charge in [0.15, 0.2) is 0 Å². The first kappa shape index (κ1) is 14.4. The zero-order chi connectivity index (χ0) is 14.0. The molecule has 0 spiro atoms. The molecular formula is C15H23FN2O. The molecule has 0 amide bonds. The molecule has 0 saturated carbocycles. The van der Waals surface area contributed by atoms with Gasteiger partial charge in [-0.2, -0.15) is 0 Å². The molecule has 1 saturated heterocycles. The third kappa shape index (κ3) is 3.53. The highest BCUT2D eigenvalue weighted by Gasteiger charge is 2.30. The number of rotatable bonds is 3. The van der Waals surface area contributed by atoms with Gasteiger partial charge in [-0.05, 0) is 38.5 Å². The molecule has 3 nitrogen and oxygen atoms in total. The van der Waals surface area contributed by atoms with Crippen molar-refractivity contribution in [3.8, 4) is 0 Å². The third-order valence-electron chi connectivity index (χ3n) is 3.55. The molecule has 1 aliphatic rings. The zero-order valence-electron chi connectivity index (χ0n) is 11.8. The first-order valence-electron chi connectivity index (χ1n) is 6.88. The monoisotopic (exact) mass is 266 g/mol. The predicted molar refractivity (Wildman–Crippen MR) is 74.4 cm³/mol. The van der Waals surface area contributed by atoms with Crippen molar-refractivity contribution in [2.75, 3.05) is 13.1 Å². The minimum absolute atomic E-state index is 0.0111. The average molecular weight is 266 g/mol. The lowest BCUT2D eigenvalue weighted by Gasteiger charge is -2.42. The van der Waals surface area contributed by atoms with Crippen LogP contribution in [0.15, 0.2) is 24.3 Å². The molecular weight excluding hydrogens is 243 g/mol. The van der Waals surface area contributed by atoms with Crippen LogP contribution in [0.3, 0.4) is 0 Å². The number of morpholine rings is 1. The van der Waals surface area contributed by atoms with Crippen molar-refractivity contribution in [2.45, 2.75) is 45.1 Å². The van der Waals surface area contributed by atoms with Gasteiger partial charge in [0.25, 0.3) is 0 Å². The molecule has 0 aromatic heterocycles. The van der Waals surface area contributed by atoms with Crippen molar-refractivity contribution in [1.29, 1.82) is 0 Å². The Morgan fingerprint density at radius 3 is 2.21 bits per heavy atom. The van der Waals surface area contributed by atoms with Crippen LogP contribution in [0.2, 0.25) is 0 Å². The Kier molecular flexibility index (Phi) is 4.55. The van der Waals surface area contributed by atoms with E-state index in [1.807, 2.05) is 19.1 Å². The second kappa shape index (κ2) is 5.99. The molecule has 1 aromatic rings. The molecule has 106 valence electrons. The summed E-state index contributed by atoms with van der Waals surface area (Å²) in [5.41, 5.74) is 7.22. The lowest BCUT2D eigenvalue weighted by atomic mass is 9.97. The maximum atomic E-state index is 13.1. The third-order valence-corrected chi connectivity index (χ3v) is 3.55. The molecule has 2 N–H and O–H groups in total. The van der Waals surface area contributed by atoms with Crippen LogP contribution >= 0.6 is 0 Å². The number of ether oxygens (including phenoxy) is 1. The highest BCUT2D eigenvalue weighted by Crippen LogP contribution is 2.27. The number of nitrogens with zero attached hydrogens (tertiary/aromatic N) is 1. The Balaban J connectivity index is 2.22. The lowest BCUT2D eigenvalue weighted by Crippen LogP contribution is -2.50. The number of hydrogen-bond acceptors (Lipinski definition) is 3. The van der Waals surface area contributed by atoms with Crippen LogP contribution in [0.5, 0.6) is 0 Å². The van der Waals surface area contributed by atoms with E-state index in [2.05, 4.69) is 18.7 Å². The molecule has 4 unspecified atom stereocenters. The highest BCUT2D eigenvalue weighted by molar-refractivity contribution is 5.21. The molecule has 1 heterocycles. The smallest absolute Gasteiger partial charge is 0.123 e. The molecule has 1 aliphatic heterocycles. The second-order valence-electron chi connectivity index (χ2n) is 5.57. The number of nitrogens with two attached hydrogens (primary N) is 1. The largest absolute Gasteiger partial charge is 0.373 e. The van der Waals surface area contributed by atoms with E-state index >= 15 is 0 Å². The predicted octanol–water partition coefficient (Wildman–Crippen LogP) is 2.32. The summed E-state index contributed by atoms with van der Waals surface area (Å²) >= 11 is 0. The number of halogens is 1. The van der Waals surface area contributed by atoms with Crippen molar-refractivity contribution >= 4 is 0 Å². The quantitative estimate of drug-likeness (QED) is 0.912. The fraction of sp³-hybridized carbons (Fsp3) is 0.600. The Labute approximate surface area is 114 Å². The van der Waals surface area contributed by atoms with Crippen LogP contribution in [-0.2, 0) is 4.74 Å². The molecule has 1 aromatic carbocycles. The first-order chi connectivity index (χ1) is 8.97. The van der Waals surface area contributed by atoms with E-state index in [0.29, 0.717) is 0 Å². The van der Waals surface area contributed by atoms with Crippen LogP contribution in [0.25, 0.3) is 0 Å². The molecule has 0 bridgehead atoms. The Hall–Kier alpha value is -0.970. The zero-order valence-corrected chi connectivity index (χ0v) is 11.8. The van der Waals surface area contributed by atoms with Crippen LogP contribution in [0, 0.1) is 5.82 Å². The van der Waals surface area contributed by atoms with Crippen molar-refractivity contribution in [3.05, 3.63) is 35.6 Å². The molecule has 19 heavy (non-hydrogen) atoms. The summed E-state index contributed by atoms with van der Waals surface area (Å²) in [4.78, 5) is 2.34. The fourth-order valence-electron chi connectivity index (χ4n) is 2.95. The highest BCUT2D eigenvalue weighted by atomic mass is 19.1. The summed E-state index contributed by atoms with van der Waals surface area (Å²) in [6, 6.07) is 6.75. The summed E-state index contributed by atoms with van der Waals surface area (Å²) in [5, 5.41) is 0. The molecule has 0 aliphatic carbocycles. The Bertz CT molecular complexity index is 397. The van der Waals surface area contributed by atoms with Crippen molar-refractivity contribution in [3.63, 3.8) is 0 Å². The van der Waals surface area contributed by atoms with Gasteiger partial charge in [-0.15, -0.1) is 0 Å². The van der Waals surface area contributed by atoms with Gasteiger partial charge in [0.2, 0.25) is 0 Å². The van der Waals surface area contributed by atoms with Crippen LogP contribution in [0.4, 0.5) is 4.39 Å². The van der Waals surface area contributed by atoms with Crippen LogP contribution in [0.1, 0.15) is 32.4 Å². The van der Waals surface area contributed by atoms with Crippen LogP contribution < -0.4 is 5.73 Å². The van der Waals surface area contributed by atoms with Crippen molar-refractivity contribution in [1.82, 2.24) is 4.90 Å². The number of hydrogen-bond donors (Lipinski definition) is 1. The van der Waals surface area contributed by atoms with Gasteiger partial charge in [0.05, 0.1) is 12.2 Å². The molecule has 4 atom stereocenters. The van der Waals surface area contributed by atoms with E-state index in [4.69, 9.17) is 10.5 Å². The van der Waals surface area contributed by atoms with Gasteiger partial charge in [0, 0.05) is 25.2 Å². The summed E-state index contributed by atoms with van der Waals surface area (Å²) in [6.07, 6.45) is 0.399. The second-order valence-corrected chi connectivity index (χ2v) is 5.57. The first-order valence-corrected chi connectivity index (χ1v) is 6.88. The SMILES string of the molecule is CC1CN(C(c2ccc(F)cc2)C(C)N)CC(C)O1. The van der Waals surface area contributed by atoms with Gasteiger partial charge >= 0.3 is 0 Å². The van der Waals surface area contributed by atoms with Gasteiger partial charge < -0.3 is 10.5 Å². The summed E-state index contributed by atoms with van der Waals surface area (Å²) in [7, 11) is 0. The standard InChI is InChI=1S/C15H23FN2O/c1-10-8-18(9-11(2)19-10)15(12(3)17)13-4-6-14(16)7-5-13/h4-7,10-12,15H,8-9,17H2,1-3H3. The molecule has 0 radical (unpaired) electrons. The maximum Gasteiger partial charge on any atom is 0.123 e. The van der Waals surface area contributed by atoms with Gasteiger partial charge in [-0.25, -0.2) is 4.39 Å². The van der Waals surface area contributed by atoms with Crippen molar-refractivity contribution < 1.29 is 9.13 Å². The minimum atomic E-state index is -0.212. The van der Waals surface area contributed by atoms with Crippen molar-refractivity contribution in [2.24, 2.45) is 5.73 Å². The van der Waals surface area contributed by atoms with E-state index in [0.717, 1.165) is 18.7 Å². The minimum Gasteiger partial charge on any atom is -0.373 e. The maximum absolute atomic E-state index is 13.1. The molecule has 4 heteroatoms. The molecule has 2 rings (SSSR count). The van der Waals surface area contributed by atoms with E-state index in [9.17, 15) is 4.39 Å². The van der Waals surface area contributed by atoms with Gasteiger partial charge in [-0.1, -0.05) is 12.1 Å². The van der Waals surface area contributed by atoms with E-state index in [-0.39, 0.29) is 30.1 Å². The topological polar surface area (TPSA) is 38.5 Å². The Morgan fingerprint density at radius 1 is 1.21 bits per heavy atom. The average Bonchev–Trinajstić information content (AvgIpc) is 2.30. The lowest BCUT2D eigenvalue weighted by molar-refractivity contribution is -0.0831. The number of benzene rings is 1. The normalized spacial score (nSPS) is 28.1. The van der Waals surface area contributed by atoms with Gasteiger partial charge in [0.1, 0.15) is 5.82 Å². The van der Waals surface area contributed by atoms with E-state index in [1.54, 1.807) is 0 Å². The van der Waals surface area contributed by atoms with Crippen LogP contribution in [-0.4, -0.2) is 36.2 Å². The summed E-state index contributed by atoms with van der Waals surface area (Å²) in [6.45, 7) is 7.86.